The standard InChI is InChI=1S/C22H22N2O7S/c1-2-30-22(29)21-15(12-16(32-21)14-6-4-3-5-7-14)23-17(25)13-31-20(28)10-11-24-18(26)8-9-19(24)27/h3-7,12H,2,8-11,13H2,1H3,(H,23,25). The monoisotopic (exact) mass is 458 g/mol. The van der Waals surface area contributed by atoms with Gasteiger partial charge in [0.05, 0.1) is 18.7 Å². The van der Waals surface area contributed by atoms with E-state index in [1.165, 1.54) is 11.3 Å². The van der Waals surface area contributed by atoms with E-state index in [1.807, 2.05) is 30.3 Å². The molecule has 0 atom stereocenters. The van der Waals surface area contributed by atoms with E-state index in [2.05, 4.69) is 5.32 Å². The molecule has 3 amide bonds. The lowest BCUT2D eigenvalue weighted by Gasteiger charge is -2.13. The molecule has 0 spiro atoms. The van der Waals surface area contributed by atoms with E-state index < -0.39 is 24.5 Å². The van der Waals surface area contributed by atoms with Gasteiger partial charge in [-0.05, 0) is 18.6 Å². The maximum Gasteiger partial charge on any atom is 0.350 e. The van der Waals surface area contributed by atoms with Crippen molar-refractivity contribution in [3.63, 3.8) is 0 Å². The van der Waals surface area contributed by atoms with Crippen molar-refractivity contribution in [2.24, 2.45) is 0 Å². The lowest BCUT2D eigenvalue weighted by atomic mass is 10.2. The summed E-state index contributed by atoms with van der Waals surface area (Å²) in [5, 5.41) is 2.58. The number of hydrogen-bond acceptors (Lipinski definition) is 8. The van der Waals surface area contributed by atoms with Crippen molar-refractivity contribution in [3.05, 3.63) is 41.3 Å². The minimum Gasteiger partial charge on any atom is -0.462 e. The normalized spacial score (nSPS) is 13.2. The zero-order valence-electron chi connectivity index (χ0n) is 17.4. The van der Waals surface area contributed by atoms with Crippen molar-refractivity contribution < 1.29 is 33.4 Å². The summed E-state index contributed by atoms with van der Waals surface area (Å²) < 4.78 is 10.0. The number of ether oxygens (including phenoxy) is 2. The van der Waals surface area contributed by atoms with Gasteiger partial charge in [-0.3, -0.25) is 24.1 Å². The molecule has 32 heavy (non-hydrogen) atoms. The molecule has 168 valence electrons. The second-order valence-electron chi connectivity index (χ2n) is 6.84. The summed E-state index contributed by atoms with van der Waals surface area (Å²) in [5.74, 6) is -2.55. The van der Waals surface area contributed by atoms with Crippen molar-refractivity contribution >= 4 is 46.7 Å². The SMILES string of the molecule is CCOC(=O)c1sc(-c2ccccc2)cc1NC(=O)COC(=O)CCN1C(=O)CCC1=O. The summed E-state index contributed by atoms with van der Waals surface area (Å²) >= 11 is 1.18. The topological polar surface area (TPSA) is 119 Å². The lowest BCUT2D eigenvalue weighted by molar-refractivity contribution is -0.148. The van der Waals surface area contributed by atoms with Gasteiger partial charge >= 0.3 is 11.9 Å². The number of benzene rings is 1. The van der Waals surface area contributed by atoms with Crippen molar-refractivity contribution in [3.8, 4) is 10.4 Å². The molecular weight excluding hydrogens is 436 g/mol. The molecule has 0 bridgehead atoms. The fourth-order valence-electron chi connectivity index (χ4n) is 3.06. The Morgan fingerprint density at radius 2 is 1.75 bits per heavy atom. The van der Waals surface area contributed by atoms with Crippen LogP contribution in [0.5, 0.6) is 0 Å². The number of likely N-dealkylation sites (tertiary alicyclic amines) is 1. The Labute approximate surface area is 188 Å². The van der Waals surface area contributed by atoms with Gasteiger partial charge < -0.3 is 14.8 Å². The molecule has 1 aromatic carbocycles. The van der Waals surface area contributed by atoms with Gasteiger partial charge in [-0.25, -0.2) is 4.79 Å². The third-order valence-corrected chi connectivity index (χ3v) is 5.75. The lowest BCUT2D eigenvalue weighted by Crippen LogP contribution is -2.32. The van der Waals surface area contributed by atoms with Crippen LogP contribution in [0.3, 0.4) is 0 Å². The Morgan fingerprint density at radius 1 is 1.06 bits per heavy atom. The number of hydrogen-bond donors (Lipinski definition) is 1. The fourth-order valence-corrected chi connectivity index (χ4v) is 4.07. The van der Waals surface area contributed by atoms with E-state index in [0.717, 1.165) is 15.3 Å². The minimum absolute atomic E-state index is 0.0733. The van der Waals surface area contributed by atoms with Crippen LogP contribution in [-0.2, 0) is 28.7 Å². The molecule has 1 saturated heterocycles. The molecule has 0 radical (unpaired) electrons. The molecule has 0 unspecified atom stereocenters. The van der Waals surface area contributed by atoms with Crippen LogP contribution in [0.2, 0.25) is 0 Å². The highest BCUT2D eigenvalue weighted by Gasteiger charge is 2.29. The van der Waals surface area contributed by atoms with E-state index in [4.69, 9.17) is 9.47 Å². The first-order valence-electron chi connectivity index (χ1n) is 10.0. The first kappa shape index (κ1) is 23.1. The Balaban J connectivity index is 1.59. The maximum atomic E-state index is 12.3. The van der Waals surface area contributed by atoms with Crippen molar-refractivity contribution in [2.45, 2.75) is 26.2 Å². The fraction of sp³-hybridized carbons (Fsp3) is 0.318. The summed E-state index contributed by atoms with van der Waals surface area (Å²) in [7, 11) is 0. The second-order valence-corrected chi connectivity index (χ2v) is 7.89. The molecule has 1 aromatic heterocycles. The number of anilines is 1. The first-order chi connectivity index (χ1) is 15.4. The van der Waals surface area contributed by atoms with E-state index in [1.54, 1.807) is 13.0 Å². The Kier molecular flexibility index (Phi) is 7.72. The van der Waals surface area contributed by atoms with Gasteiger partial charge in [0.1, 0.15) is 4.88 Å². The summed E-state index contributed by atoms with van der Waals surface area (Å²) in [6.07, 6.45) is 0.0881. The molecule has 1 N–H and O–H groups in total. The highest BCUT2D eigenvalue weighted by molar-refractivity contribution is 7.18. The van der Waals surface area contributed by atoms with Gasteiger partial charge in [0.25, 0.3) is 5.91 Å². The molecule has 1 aliphatic rings. The van der Waals surface area contributed by atoms with E-state index >= 15 is 0 Å². The quantitative estimate of drug-likeness (QED) is 0.453. The summed E-state index contributed by atoms with van der Waals surface area (Å²) in [6.45, 7) is 1.23. The van der Waals surface area contributed by atoms with Crippen molar-refractivity contribution in [2.75, 3.05) is 25.1 Å². The number of thiophene rings is 1. The average molecular weight is 458 g/mol. The van der Waals surface area contributed by atoms with Crippen LogP contribution in [0, 0.1) is 0 Å². The van der Waals surface area contributed by atoms with E-state index in [0.29, 0.717) is 0 Å². The summed E-state index contributed by atoms with van der Waals surface area (Å²) in [6, 6.07) is 11.0. The third kappa shape index (κ3) is 5.79. The van der Waals surface area contributed by atoms with Gasteiger partial charge in [-0.2, -0.15) is 0 Å². The van der Waals surface area contributed by atoms with Gasteiger partial charge in [0, 0.05) is 24.3 Å². The number of nitrogens with one attached hydrogen (secondary N) is 1. The molecule has 1 aliphatic heterocycles. The van der Waals surface area contributed by atoms with Crippen molar-refractivity contribution in [1.29, 1.82) is 0 Å². The van der Waals surface area contributed by atoms with Crippen molar-refractivity contribution in [1.82, 2.24) is 4.90 Å². The van der Waals surface area contributed by atoms with Crippen LogP contribution < -0.4 is 5.32 Å². The second kappa shape index (κ2) is 10.7. The highest BCUT2D eigenvalue weighted by Crippen LogP contribution is 2.35. The molecule has 0 aliphatic carbocycles. The zero-order chi connectivity index (χ0) is 23.1. The smallest absolute Gasteiger partial charge is 0.350 e. The number of imide groups is 1. The molecule has 10 heteroatoms. The molecular formula is C22H22N2O7S. The number of carbonyl (C=O) groups excluding carboxylic acids is 5. The predicted octanol–water partition coefficient (Wildman–Crippen LogP) is 2.61. The Bertz CT molecular complexity index is 1020. The zero-order valence-corrected chi connectivity index (χ0v) is 18.2. The van der Waals surface area contributed by atoms with Crippen LogP contribution in [0.4, 0.5) is 5.69 Å². The number of esters is 2. The summed E-state index contributed by atoms with van der Waals surface area (Å²) in [5.41, 5.74) is 1.14. The predicted molar refractivity (Wildman–Crippen MR) is 116 cm³/mol. The number of nitrogens with zero attached hydrogens (tertiary/aromatic N) is 1. The van der Waals surface area contributed by atoms with Gasteiger partial charge in [0.15, 0.2) is 6.61 Å². The van der Waals surface area contributed by atoms with Gasteiger partial charge in [-0.1, -0.05) is 30.3 Å². The van der Waals surface area contributed by atoms with E-state index in [9.17, 15) is 24.0 Å². The average Bonchev–Trinajstić information content (AvgIpc) is 3.34. The maximum absolute atomic E-state index is 12.3. The van der Waals surface area contributed by atoms with Gasteiger partial charge in [0.2, 0.25) is 11.8 Å². The third-order valence-electron chi connectivity index (χ3n) is 4.58. The number of carbonyl (C=O) groups is 5. The van der Waals surface area contributed by atoms with Crippen LogP contribution in [0.1, 0.15) is 35.9 Å². The molecule has 9 nitrogen and oxygen atoms in total. The van der Waals surface area contributed by atoms with E-state index in [-0.39, 0.29) is 54.8 Å². The number of rotatable bonds is 9. The largest absolute Gasteiger partial charge is 0.462 e. The van der Waals surface area contributed by atoms with Crippen LogP contribution >= 0.6 is 11.3 Å². The molecule has 1 fully saturated rings. The van der Waals surface area contributed by atoms with Crippen LogP contribution in [-0.4, -0.2) is 54.3 Å². The minimum atomic E-state index is -0.714. The molecule has 2 heterocycles. The molecule has 2 aromatic rings. The number of amides is 3. The summed E-state index contributed by atoms with van der Waals surface area (Å²) in [4.78, 5) is 61.6. The molecule has 0 saturated carbocycles. The van der Waals surface area contributed by atoms with Crippen LogP contribution in [0.25, 0.3) is 10.4 Å². The highest BCUT2D eigenvalue weighted by atomic mass is 32.1. The molecule has 3 rings (SSSR count). The van der Waals surface area contributed by atoms with Crippen LogP contribution in [0.15, 0.2) is 36.4 Å². The Hall–Kier alpha value is -3.53. The Morgan fingerprint density at radius 3 is 2.41 bits per heavy atom. The van der Waals surface area contributed by atoms with Gasteiger partial charge in [-0.15, -0.1) is 11.3 Å². The first-order valence-corrected chi connectivity index (χ1v) is 10.9.